The summed E-state index contributed by atoms with van der Waals surface area (Å²) in [5.74, 6) is -2.03. The van der Waals surface area contributed by atoms with Crippen LogP contribution >= 0.6 is 0 Å². The molecule has 5 rings (SSSR count). The van der Waals surface area contributed by atoms with Crippen molar-refractivity contribution >= 4 is 28.8 Å². The van der Waals surface area contributed by atoms with Crippen LogP contribution in [0, 0.1) is 11.8 Å². The molecule has 1 N–H and O–H groups in total. The summed E-state index contributed by atoms with van der Waals surface area (Å²) in [6, 6.07) is 6.65. The number of unbranched alkanes of at least 4 members (excludes halogenated alkanes) is 2. The number of ether oxygens (including phenoxy) is 1. The molecule has 2 unspecified atom stereocenters. The Kier molecular flexibility index (Phi) is 9.03. The van der Waals surface area contributed by atoms with Crippen molar-refractivity contribution in [3.8, 4) is 0 Å². The SMILES string of the molecule is C=CCN(Cn1nnc2ccccc21)C(=O)C1N(CCCCCO)C(=O)[C@@H]2[C@H](C(=O)N(CC=C)CCC)[C@]3(C)CCC12O3. The van der Waals surface area contributed by atoms with Crippen LogP contribution in [0.1, 0.15) is 52.4 Å². The zero-order valence-electron chi connectivity index (χ0n) is 25.4. The third kappa shape index (κ3) is 5.26. The van der Waals surface area contributed by atoms with Crippen LogP contribution in [0.3, 0.4) is 0 Å². The van der Waals surface area contributed by atoms with E-state index in [0.717, 1.165) is 17.5 Å². The molecule has 3 fully saturated rings. The summed E-state index contributed by atoms with van der Waals surface area (Å²) < 4.78 is 8.50. The molecule has 0 radical (unpaired) electrons. The lowest BCUT2D eigenvalue weighted by Gasteiger charge is -2.37. The van der Waals surface area contributed by atoms with Gasteiger partial charge in [-0.1, -0.05) is 36.4 Å². The van der Waals surface area contributed by atoms with E-state index < -0.39 is 29.1 Å². The average Bonchev–Trinajstić information content (AvgIpc) is 3.70. The van der Waals surface area contributed by atoms with Gasteiger partial charge in [-0.05, 0) is 57.6 Å². The summed E-state index contributed by atoms with van der Waals surface area (Å²) in [6.45, 7) is 13.4. The van der Waals surface area contributed by atoms with E-state index in [-0.39, 0.29) is 37.5 Å². The van der Waals surface area contributed by atoms with E-state index in [4.69, 9.17) is 4.74 Å². The van der Waals surface area contributed by atoms with Crippen molar-refractivity contribution in [2.75, 3.05) is 32.8 Å². The molecule has 43 heavy (non-hydrogen) atoms. The van der Waals surface area contributed by atoms with Gasteiger partial charge in [0.1, 0.15) is 23.8 Å². The van der Waals surface area contributed by atoms with Crippen LogP contribution in [0.15, 0.2) is 49.6 Å². The number of nitrogens with zero attached hydrogens (tertiary/aromatic N) is 6. The number of benzene rings is 1. The first-order chi connectivity index (χ1) is 20.8. The number of carbonyl (C=O) groups is 3. The van der Waals surface area contributed by atoms with E-state index in [2.05, 4.69) is 23.5 Å². The highest BCUT2D eigenvalue weighted by molar-refractivity contribution is 5.99. The minimum Gasteiger partial charge on any atom is -0.396 e. The first kappa shape index (κ1) is 30.9. The molecule has 3 aliphatic heterocycles. The number of rotatable bonds is 15. The predicted molar refractivity (Wildman–Crippen MR) is 161 cm³/mol. The largest absolute Gasteiger partial charge is 0.396 e. The Morgan fingerprint density at radius 1 is 1.12 bits per heavy atom. The van der Waals surface area contributed by atoms with E-state index >= 15 is 0 Å². The van der Waals surface area contributed by atoms with Gasteiger partial charge in [-0.25, -0.2) is 4.68 Å². The number of para-hydroxylation sites is 1. The minimum atomic E-state index is -1.11. The highest BCUT2D eigenvalue weighted by Gasteiger charge is 2.78. The number of aromatic nitrogens is 3. The Morgan fingerprint density at radius 2 is 1.86 bits per heavy atom. The van der Waals surface area contributed by atoms with Gasteiger partial charge in [0.05, 0.1) is 23.0 Å². The first-order valence-corrected chi connectivity index (χ1v) is 15.5. The van der Waals surface area contributed by atoms with Crippen molar-refractivity contribution < 1.29 is 24.2 Å². The molecule has 2 bridgehead atoms. The number of carbonyl (C=O) groups excluding carboxylic acids is 3. The standard InChI is InChI=1S/C32H44N6O5/c1-5-17-35(18-6-2)28(40)25-26-29(41)37(20-11-8-12-21-39)27(32(26)16-15-31(25,4)43-32)30(42)36(19-7-3)22-38-24-14-10-9-13-23(24)33-34-38/h5,7,9-10,13-14,25-27,39H,1,3,6,8,11-12,15-22H2,2,4H3/t25-,26+,27?,31+,32?/m1/s1. The number of fused-ring (bicyclic) bond motifs is 2. The summed E-state index contributed by atoms with van der Waals surface area (Å²) in [4.78, 5) is 48.3. The van der Waals surface area contributed by atoms with Gasteiger partial charge in [-0.3, -0.25) is 14.4 Å². The molecule has 3 saturated heterocycles. The van der Waals surface area contributed by atoms with E-state index in [1.54, 1.807) is 31.5 Å². The second kappa shape index (κ2) is 12.6. The van der Waals surface area contributed by atoms with E-state index in [0.29, 0.717) is 51.7 Å². The van der Waals surface area contributed by atoms with Crippen LogP contribution in [0.25, 0.3) is 11.0 Å². The quantitative estimate of drug-likeness (QED) is 0.249. The molecule has 3 amide bonds. The smallest absolute Gasteiger partial charge is 0.250 e. The Labute approximate surface area is 253 Å². The van der Waals surface area contributed by atoms with Crippen LogP contribution < -0.4 is 0 Å². The average molecular weight is 593 g/mol. The molecule has 1 aromatic carbocycles. The number of aliphatic hydroxyl groups excluding tert-OH is 1. The number of hydrogen-bond acceptors (Lipinski definition) is 7. The lowest BCUT2D eigenvalue weighted by Crippen LogP contribution is -2.56. The van der Waals surface area contributed by atoms with Gasteiger partial charge >= 0.3 is 0 Å². The molecule has 1 aromatic heterocycles. The second-order valence-electron chi connectivity index (χ2n) is 12.2. The van der Waals surface area contributed by atoms with Gasteiger partial charge in [-0.15, -0.1) is 18.3 Å². The van der Waals surface area contributed by atoms with Crippen molar-refractivity contribution in [3.63, 3.8) is 0 Å². The Hall–Kier alpha value is -3.57. The molecule has 1 spiro atoms. The second-order valence-corrected chi connectivity index (χ2v) is 12.2. The number of hydrogen-bond donors (Lipinski definition) is 1. The third-order valence-electron chi connectivity index (χ3n) is 9.37. The summed E-state index contributed by atoms with van der Waals surface area (Å²) in [5, 5.41) is 17.9. The zero-order chi connectivity index (χ0) is 30.8. The van der Waals surface area contributed by atoms with E-state index in [1.807, 2.05) is 38.1 Å². The van der Waals surface area contributed by atoms with Crippen LogP contribution in [0.4, 0.5) is 0 Å². The van der Waals surface area contributed by atoms with E-state index in [9.17, 15) is 19.5 Å². The van der Waals surface area contributed by atoms with Gasteiger partial charge in [0.2, 0.25) is 17.7 Å². The molecular weight excluding hydrogens is 548 g/mol. The van der Waals surface area contributed by atoms with Crippen LogP contribution in [0.5, 0.6) is 0 Å². The molecule has 3 aliphatic rings. The molecule has 2 aromatic rings. The summed E-state index contributed by atoms with van der Waals surface area (Å²) in [5.41, 5.74) is -0.455. The fourth-order valence-corrected chi connectivity index (χ4v) is 7.54. The zero-order valence-corrected chi connectivity index (χ0v) is 25.4. The number of amides is 3. The lowest BCUT2D eigenvalue weighted by atomic mass is 9.66. The summed E-state index contributed by atoms with van der Waals surface area (Å²) in [7, 11) is 0. The number of likely N-dealkylation sites (tertiary alicyclic amines) is 1. The Morgan fingerprint density at radius 3 is 2.58 bits per heavy atom. The fraction of sp³-hybridized carbons (Fsp3) is 0.594. The maximum atomic E-state index is 14.7. The van der Waals surface area contributed by atoms with Gasteiger partial charge in [0.15, 0.2) is 0 Å². The fourth-order valence-electron chi connectivity index (χ4n) is 7.54. The number of aliphatic hydroxyl groups is 1. The van der Waals surface area contributed by atoms with Crippen molar-refractivity contribution in [1.29, 1.82) is 0 Å². The van der Waals surface area contributed by atoms with Crippen molar-refractivity contribution in [2.45, 2.75) is 76.3 Å². The van der Waals surface area contributed by atoms with Crippen LogP contribution in [-0.2, 0) is 25.8 Å². The molecule has 0 aliphatic carbocycles. The van der Waals surface area contributed by atoms with Gasteiger partial charge in [-0.2, -0.15) is 0 Å². The van der Waals surface area contributed by atoms with E-state index in [1.165, 1.54) is 0 Å². The Bertz CT molecular complexity index is 1380. The third-order valence-corrected chi connectivity index (χ3v) is 9.37. The lowest BCUT2D eigenvalue weighted by molar-refractivity contribution is -0.154. The molecule has 0 saturated carbocycles. The van der Waals surface area contributed by atoms with Crippen molar-refractivity contribution in [3.05, 3.63) is 49.6 Å². The van der Waals surface area contributed by atoms with Crippen molar-refractivity contribution in [2.24, 2.45) is 11.8 Å². The molecule has 11 heteroatoms. The highest BCUT2D eigenvalue weighted by atomic mass is 16.5. The maximum absolute atomic E-state index is 14.7. The molecule has 4 heterocycles. The van der Waals surface area contributed by atoms with Crippen molar-refractivity contribution in [1.82, 2.24) is 29.7 Å². The first-order valence-electron chi connectivity index (χ1n) is 15.5. The molecule has 232 valence electrons. The van der Waals surface area contributed by atoms with Crippen LogP contribution in [0.2, 0.25) is 0 Å². The maximum Gasteiger partial charge on any atom is 0.250 e. The van der Waals surface area contributed by atoms with Crippen LogP contribution in [-0.4, -0.2) is 103 Å². The summed E-state index contributed by atoms with van der Waals surface area (Å²) in [6.07, 6.45) is 7.19. The molecular formula is C32H44N6O5. The molecule has 5 atom stereocenters. The highest BCUT2D eigenvalue weighted by Crippen LogP contribution is 2.63. The minimum absolute atomic E-state index is 0.0659. The Balaban J connectivity index is 1.52. The van der Waals surface area contributed by atoms with Gasteiger partial charge < -0.3 is 24.5 Å². The predicted octanol–water partition coefficient (Wildman–Crippen LogP) is 2.76. The topological polar surface area (TPSA) is 121 Å². The normalized spacial score (nSPS) is 27.5. The monoisotopic (exact) mass is 592 g/mol. The van der Waals surface area contributed by atoms with Gasteiger partial charge in [0.25, 0.3) is 0 Å². The van der Waals surface area contributed by atoms with Gasteiger partial charge in [0, 0.05) is 32.8 Å². The summed E-state index contributed by atoms with van der Waals surface area (Å²) >= 11 is 0. The molecule has 11 nitrogen and oxygen atoms in total.